The number of halogens is 1. The summed E-state index contributed by atoms with van der Waals surface area (Å²) < 4.78 is 0. The Labute approximate surface area is 172 Å². The van der Waals surface area contributed by atoms with Gasteiger partial charge in [0.05, 0.1) is 18.6 Å². The van der Waals surface area contributed by atoms with E-state index in [1.54, 1.807) is 11.3 Å². The Bertz CT molecular complexity index is 614. The first kappa shape index (κ1) is 21.9. The van der Waals surface area contributed by atoms with Gasteiger partial charge in [-0.25, -0.2) is 0 Å². The number of thiophene rings is 1. The van der Waals surface area contributed by atoms with Crippen LogP contribution in [0.5, 0.6) is 0 Å². The predicted octanol–water partition coefficient (Wildman–Crippen LogP) is 4.29. The smallest absolute Gasteiger partial charge is 0.191 e. The van der Waals surface area contributed by atoms with Crippen molar-refractivity contribution < 1.29 is 0 Å². The molecule has 0 aliphatic heterocycles. The third-order valence-corrected chi connectivity index (χ3v) is 4.89. The van der Waals surface area contributed by atoms with Crippen molar-refractivity contribution >= 4 is 41.3 Å². The Kier molecular flexibility index (Phi) is 10.1. The van der Waals surface area contributed by atoms with Crippen molar-refractivity contribution in [2.45, 2.75) is 25.9 Å². The van der Waals surface area contributed by atoms with Crippen molar-refractivity contribution in [3.63, 3.8) is 0 Å². The first-order valence-electron chi connectivity index (χ1n) is 8.41. The third kappa shape index (κ3) is 6.95. The molecule has 2 aromatic rings. The Hall–Kier alpha value is -1.12. The summed E-state index contributed by atoms with van der Waals surface area (Å²) in [5.74, 6) is 0.859. The lowest BCUT2D eigenvalue weighted by Crippen LogP contribution is -2.39. The summed E-state index contributed by atoms with van der Waals surface area (Å²) in [7, 11) is 4.21. The van der Waals surface area contributed by atoms with Crippen LogP contribution in [-0.2, 0) is 0 Å². The second-order valence-corrected chi connectivity index (χ2v) is 6.97. The molecule has 2 atom stereocenters. The fraction of sp³-hybridized carbons (Fsp3) is 0.421. The number of benzene rings is 1. The van der Waals surface area contributed by atoms with Crippen LogP contribution in [0, 0.1) is 0 Å². The van der Waals surface area contributed by atoms with E-state index in [0.29, 0.717) is 6.04 Å². The monoisotopic (exact) mass is 472 g/mol. The number of likely N-dealkylation sites (N-methyl/N-ethyl adjacent to an activating group) is 1. The molecule has 2 N–H and O–H groups in total. The summed E-state index contributed by atoms with van der Waals surface area (Å²) >= 11 is 1.78. The Balaban J connectivity index is 0.00000312. The van der Waals surface area contributed by atoms with Gasteiger partial charge in [0.25, 0.3) is 0 Å². The number of aliphatic imine (C=N–C) groups is 1. The van der Waals surface area contributed by atoms with Crippen LogP contribution in [0.4, 0.5) is 0 Å². The van der Waals surface area contributed by atoms with Gasteiger partial charge in [-0.3, -0.25) is 4.99 Å². The standard InChI is InChI=1S/C19H28N4S.HI/c1-5-20-19(22-15(2)16-10-7-6-8-11-16)21-14-17(23(3)4)18-12-9-13-24-18;/h6-13,15,17H,5,14H2,1-4H3,(H2,20,21,22);1H. The van der Waals surface area contributed by atoms with Gasteiger partial charge in [0, 0.05) is 11.4 Å². The maximum atomic E-state index is 4.82. The third-order valence-electron chi connectivity index (χ3n) is 3.91. The Morgan fingerprint density at radius 1 is 1.16 bits per heavy atom. The number of rotatable bonds is 7. The van der Waals surface area contributed by atoms with Crippen LogP contribution in [-0.4, -0.2) is 38.0 Å². The molecule has 2 rings (SSSR count). The summed E-state index contributed by atoms with van der Waals surface area (Å²) in [6, 6.07) is 15.2. The molecule has 0 saturated carbocycles. The zero-order valence-electron chi connectivity index (χ0n) is 15.4. The van der Waals surface area contributed by atoms with Gasteiger partial charge in [-0.2, -0.15) is 0 Å². The maximum absolute atomic E-state index is 4.82. The van der Waals surface area contributed by atoms with Crippen LogP contribution in [0.25, 0.3) is 0 Å². The van der Waals surface area contributed by atoms with E-state index >= 15 is 0 Å². The van der Waals surface area contributed by atoms with E-state index in [1.165, 1.54) is 10.4 Å². The van der Waals surface area contributed by atoms with Crippen molar-refractivity contribution in [3.8, 4) is 0 Å². The zero-order chi connectivity index (χ0) is 17.4. The number of hydrogen-bond acceptors (Lipinski definition) is 3. The minimum Gasteiger partial charge on any atom is -0.357 e. The van der Waals surface area contributed by atoms with Crippen molar-refractivity contribution in [1.82, 2.24) is 15.5 Å². The summed E-state index contributed by atoms with van der Waals surface area (Å²) in [5, 5.41) is 8.97. The van der Waals surface area contributed by atoms with E-state index in [2.05, 4.69) is 85.3 Å². The lowest BCUT2D eigenvalue weighted by atomic mass is 10.1. The normalized spacial score (nSPS) is 13.9. The predicted molar refractivity (Wildman–Crippen MR) is 120 cm³/mol. The molecule has 0 spiro atoms. The fourth-order valence-electron chi connectivity index (χ4n) is 2.52. The molecule has 0 fully saturated rings. The van der Waals surface area contributed by atoms with Gasteiger partial charge in [0.15, 0.2) is 5.96 Å². The highest BCUT2D eigenvalue weighted by Crippen LogP contribution is 2.23. The van der Waals surface area contributed by atoms with Gasteiger partial charge >= 0.3 is 0 Å². The first-order valence-corrected chi connectivity index (χ1v) is 9.29. The van der Waals surface area contributed by atoms with Gasteiger partial charge in [-0.1, -0.05) is 36.4 Å². The van der Waals surface area contributed by atoms with Crippen LogP contribution in [0.2, 0.25) is 0 Å². The number of nitrogens with zero attached hydrogens (tertiary/aromatic N) is 2. The largest absolute Gasteiger partial charge is 0.357 e. The molecule has 0 aliphatic carbocycles. The minimum absolute atomic E-state index is 0. The van der Waals surface area contributed by atoms with Crippen LogP contribution in [0.1, 0.15) is 36.4 Å². The molecule has 1 aromatic carbocycles. The van der Waals surface area contributed by atoms with Gasteiger partial charge in [0.1, 0.15) is 0 Å². The van der Waals surface area contributed by atoms with Gasteiger partial charge < -0.3 is 15.5 Å². The summed E-state index contributed by atoms with van der Waals surface area (Å²) in [6.45, 7) is 5.82. The number of hydrogen-bond donors (Lipinski definition) is 2. The highest BCUT2D eigenvalue weighted by atomic mass is 127. The quantitative estimate of drug-likeness (QED) is 0.359. The fourth-order valence-corrected chi connectivity index (χ4v) is 3.43. The molecule has 1 aromatic heterocycles. The van der Waals surface area contributed by atoms with E-state index < -0.39 is 0 Å². The molecule has 25 heavy (non-hydrogen) atoms. The van der Waals surface area contributed by atoms with Crippen molar-refractivity contribution in [3.05, 3.63) is 58.3 Å². The molecule has 1 heterocycles. The zero-order valence-corrected chi connectivity index (χ0v) is 18.5. The van der Waals surface area contributed by atoms with Crippen LogP contribution >= 0.6 is 35.3 Å². The van der Waals surface area contributed by atoms with Crippen LogP contribution in [0.3, 0.4) is 0 Å². The molecule has 6 heteroatoms. The van der Waals surface area contributed by atoms with Crippen molar-refractivity contribution in [2.24, 2.45) is 4.99 Å². The van der Waals surface area contributed by atoms with Gasteiger partial charge in [-0.05, 0) is 45.0 Å². The number of nitrogens with one attached hydrogen (secondary N) is 2. The Morgan fingerprint density at radius 3 is 2.44 bits per heavy atom. The SMILES string of the molecule is CCNC(=NCC(c1cccs1)N(C)C)NC(C)c1ccccc1.I. The molecule has 0 aliphatic rings. The molecular weight excluding hydrogens is 443 g/mol. The maximum Gasteiger partial charge on any atom is 0.191 e. The van der Waals surface area contributed by atoms with Gasteiger partial charge in [0.2, 0.25) is 0 Å². The molecule has 0 saturated heterocycles. The van der Waals surface area contributed by atoms with Crippen LogP contribution in [0.15, 0.2) is 52.8 Å². The average molecular weight is 472 g/mol. The minimum atomic E-state index is 0. The van der Waals surface area contributed by atoms with E-state index in [4.69, 9.17) is 4.99 Å². The summed E-state index contributed by atoms with van der Waals surface area (Å²) in [5.41, 5.74) is 1.26. The second kappa shape index (κ2) is 11.5. The lowest BCUT2D eigenvalue weighted by Gasteiger charge is -2.23. The Morgan fingerprint density at radius 2 is 1.88 bits per heavy atom. The second-order valence-electron chi connectivity index (χ2n) is 5.99. The molecule has 0 amide bonds. The molecule has 2 unspecified atom stereocenters. The van der Waals surface area contributed by atoms with E-state index in [0.717, 1.165) is 19.0 Å². The van der Waals surface area contributed by atoms with Crippen molar-refractivity contribution in [1.29, 1.82) is 0 Å². The summed E-state index contributed by atoms with van der Waals surface area (Å²) in [4.78, 5) is 8.38. The first-order chi connectivity index (χ1) is 11.6. The van der Waals surface area contributed by atoms with Crippen LogP contribution < -0.4 is 10.6 Å². The number of guanidine groups is 1. The van der Waals surface area contributed by atoms with E-state index in [9.17, 15) is 0 Å². The average Bonchev–Trinajstić information content (AvgIpc) is 3.09. The van der Waals surface area contributed by atoms with Gasteiger partial charge in [-0.15, -0.1) is 35.3 Å². The molecule has 4 nitrogen and oxygen atoms in total. The van der Waals surface area contributed by atoms with E-state index in [1.807, 2.05) is 6.07 Å². The highest BCUT2D eigenvalue weighted by Gasteiger charge is 2.15. The molecular formula is C19H29IN4S. The molecule has 138 valence electrons. The van der Waals surface area contributed by atoms with E-state index in [-0.39, 0.29) is 30.0 Å². The lowest BCUT2D eigenvalue weighted by molar-refractivity contribution is 0.310. The highest BCUT2D eigenvalue weighted by molar-refractivity contribution is 14.0. The van der Waals surface area contributed by atoms with Crippen molar-refractivity contribution in [2.75, 3.05) is 27.2 Å². The summed E-state index contributed by atoms with van der Waals surface area (Å²) in [6.07, 6.45) is 0. The molecule has 0 bridgehead atoms. The molecule has 0 radical (unpaired) electrons. The topological polar surface area (TPSA) is 39.7 Å².